The Morgan fingerprint density at radius 2 is 2.33 bits per heavy atom. The number of hydrogen-bond donors (Lipinski definition) is 3. The molecule has 0 saturated heterocycles. The van der Waals surface area contributed by atoms with Gasteiger partial charge in [0.1, 0.15) is 6.04 Å². The van der Waals surface area contributed by atoms with Gasteiger partial charge >= 0.3 is 11.9 Å². The molecule has 5 N–H and O–H groups in total. The van der Waals surface area contributed by atoms with Crippen molar-refractivity contribution in [2.75, 3.05) is 6.54 Å². The molecule has 1 rings (SSSR count). The van der Waals surface area contributed by atoms with Gasteiger partial charge in [-0.05, 0) is 0 Å². The Morgan fingerprint density at radius 1 is 1.60 bits per heavy atom. The molecule has 1 aromatic rings. The Hall–Kier alpha value is -1.73. The number of rotatable bonds is 4. The van der Waals surface area contributed by atoms with E-state index in [1.807, 2.05) is 0 Å². The number of ether oxygens (including phenoxy) is 1. The molecule has 15 heavy (non-hydrogen) atoms. The number of hydrogen-bond acceptors (Lipinski definition) is 6. The molecule has 1 aromatic heterocycles. The third kappa shape index (κ3) is 3.49. The summed E-state index contributed by atoms with van der Waals surface area (Å²) in [7, 11) is 0. The molecule has 0 radical (unpaired) electrons. The van der Waals surface area contributed by atoms with E-state index in [9.17, 15) is 9.59 Å². The summed E-state index contributed by atoms with van der Waals surface area (Å²) in [6.45, 7) is -0.346. The summed E-state index contributed by atoms with van der Waals surface area (Å²) in [6, 6.07) is -0.913. The highest BCUT2D eigenvalue weighted by atomic mass is 16.6. The largest absolute Gasteiger partial charge is 0.391 e. The third-order valence-corrected chi connectivity index (χ3v) is 1.67. The first-order chi connectivity index (χ1) is 7.13. The lowest BCUT2D eigenvalue weighted by molar-refractivity contribution is -0.159. The Morgan fingerprint density at radius 3 is 2.87 bits per heavy atom. The summed E-state index contributed by atoms with van der Waals surface area (Å²) in [5.41, 5.74) is 11.1. The third-order valence-electron chi connectivity index (χ3n) is 1.67. The fourth-order valence-electron chi connectivity index (χ4n) is 0.941. The number of carbonyl (C=O) groups excluding carboxylic acids is 2. The van der Waals surface area contributed by atoms with E-state index >= 15 is 0 Å². The topological polar surface area (TPSA) is 124 Å². The van der Waals surface area contributed by atoms with Gasteiger partial charge in [0.15, 0.2) is 0 Å². The maximum atomic E-state index is 11.2. The summed E-state index contributed by atoms with van der Waals surface area (Å²) in [4.78, 5) is 28.5. The maximum Gasteiger partial charge on any atom is 0.330 e. The Balaban J connectivity index is 2.43. The highest BCUT2D eigenvalue weighted by Crippen LogP contribution is 1.98. The van der Waals surface area contributed by atoms with Crippen LogP contribution < -0.4 is 11.5 Å². The number of esters is 2. The molecular weight excluding hydrogens is 200 g/mol. The van der Waals surface area contributed by atoms with Gasteiger partial charge in [-0.1, -0.05) is 0 Å². The van der Waals surface area contributed by atoms with Gasteiger partial charge in [-0.3, -0.25) is 4.79 Å². The number of aromatic nitrogens is 2. The van der Waals surface area contributed by atoms with Crippen LogP contribution in [0, 0.1) is 0 Å². The Bertz CT molecular complexity index is 336. The molecule has 0 fully saturated rings. The standard InChI is InChI=1S/C8H12N4O3/c9-2-7(13)15-8(14)6(10)1-5-3-11-4-12-5/h3-4,6H,1-2,9-10H2,(H,11,12)/t6-/m0/s1. The molecule has 0 saturated carbocycles. The van der Waals surface area contributed by atoms with Crippen molar-refractivity contribution in [2.45, 2.75) is 12.5 Å². The predicted octanol–water partition coefficient (Wildman–Crippen LogP) is -1.69. The summed E-state index contributed by atoms with van der Waals surface area (Å²) in [6.07, 6.45) is 3.29. The van der Waals surface area contributed by atoms with Gasteiger partial charge in [0.25, 0.3) is 0 Å². The minimum absolute atomic E-state index is 0.209. The van der Waals surface area contributed by atoms with E-state index in [0.717, 1.165) is 0 Å². The van der Waals surface area contributed by atoms with Crippen LogP contribution in [0.4, 0.5) is 0 Å². The van der Waals surface area contributed by atoms with E-state index in [0.29, 0.717) is 5.69 Å². The van der Waals surface area contributed by atoms with Crippen molar-refractivity contribution in [1.29, 1.82) is 0 Å². The number of imidazole rings is 1. The normalized spacial score (nSPS) is 12.1. The Kier molecular flexibility index (Phi) is 3.95. The maximum absolute atomic E-state index is 11.2. The van der Waals surface area contributed by atoms with Gasteiger partial charge in [-0.15, -0.1) is 0 Å². The summed E-state index contributed by atoms with van der Waals surface area (Å²) < 4.78 is 4.34. The van der Waals surface area contributed by atoms with Gasteiger partial charge in [0.2, 0.25) is 0 Å². The quantitative estimate of drug-likeness (QED) is 0.404. The van der Waals surface area contributed by atoms with Crippen molar-refractivity contribution in [1.82, 2.24) is 9.97 Å². The lowest BCUT2D eigenvalue weighted by Crippen LogP contribution is -2.37. The average Bonchev–Trinajstić information content (AvgIpc) is 2.70. The van der Waals surface area contributed by atoms with Crippen molar-refractivity contribution in [2.24, 2.45) is 11.5 Å². The molecule has 1 heterocycles. The van der Waals surface area contributed by atoms with Gasteiger partial charge in [-0.2, -0.15) is 0 Å². The molecule has 0 aromatic carbocycles. The predicted molar refractivity (Wildman–Crippen MR) is 50.4 cm³/mol. The molecular formula is C8H12N4O3. The zero-order chi connectivity index (χ0) is 11.3. The monoisotopic (exact) mass is 212 g/mol. The molecule has 0 amide bonds. The van der Waals surface area contributed by atoms with Gasteiger partial charge in [0, 0.05) is 12.6 Å². The smallest absolute Gasteiger partial charge is 0.330 e. The average molecular weight is 212 g/mol. The molecule has 1 atom stereocenters. The number of nitrogens with one attached hydrogen (secondary N) is 1. The minimum atomic E-state index is -0.913. The first-order valence-electron chi connectivity index (χ1n) is 4.31. The summed E-state index contributed by atoms with van der Waals surface area (Å²) >= 11 is 0. The SMILES string of the molecule is NCC(=O)OC(=O)[C@@H](N)Cc1c[nH]cn1. The second-order valence-corrected chi connectivity index (χ2v) is 2.87. The van der Waals surface area contributed by atoms with E-state index in [2.05, 4.69) is 14.7 Å². The fourth-order valence-corrected chi connectivity index (χ4v) is 0.941. The fraction of sp³-hybridized carbons (Fsp3) is 0.375. The van der Waals surface area contributed by atoms with E-state index < -0.39 is 18.0 Å². The second kappa shape index (κ2) is 5.23. The second-order valence-electron chi connectivity index (χ2n) is 2.87. The highest BCUT2D eigenvalue weighted by molar-refractivity contribution is 5.89. The van der Waals surface area contributed by atoms with Crippen LogP contribution in [-0.4, -0.2) is 34.5 Å². The molecule has 0 aliphatic heterocycles. The van der Waals surface area contributed by atoms with E-state index in [4.69, 9.17) is 11.5 Å². The first kappa shape index (κ1) is 11.3. The zero-order valence-electron chi connectivity index (χ0n) is 7.97. The van der Waals surface area contributed by atoms with Gasteiger partial charge < -0.3 is 21.2 Å². The molecule has 0 aliphatic carbocycles. The molecule has 0 bridgehead atoms. The van der Waals surface area contributed by atoms with Crippen molar-refractivity contribution in [3.63, 3.8) is 0 Å². The number of H-pyrrole nitrogens is 1. The first-order valence-corrected chi connectivity index (χ1v) is 4.31. The van der Waals surface area contributed by atoms with Crippen LogP contribution in [0.3, 0.4) is 0 Å². The van der Waals surface area contributed by atoms with Crippen LogP contribution >= 0.6 is 0 Å². The Labute approximate surface area is 85.8 Å². The molecule has 0 spiro atoms. The summed E-state index contributed by atoms with van der Waals surface area (Å²) in [5, 5.41) is 0. The van der Waals surface area contributed by atoms with Crippen LogP contribution in [0.25, 0.3) is 0 Å². The lowest BCUT2D eigenvalue weighted by Gasteiger charge is -2.07. The molecule has 0 unspecified atom stereocenters. The van der Waals surface area contributed by atoms with E-state index in [-0.39, 0.29) is 13.0 Å². The number of aromatic amines is 1. The van der Waals surface area contributed by atoms with Crippen LogP contribution in [0.1, 0.15) is 5.69 Å². The van der Waals surface area contributed by atoms with Gasteiger partial charge in [-0.25, -0.2) is 9.78 Å². The number of nitrogens with zero attached hydrogens (tertiary/aromatic N) is 1. The molecule has 7 heteroatoms. The van der Waals surface area contributed by atoms with E-state index in [1.165, 1.54) is 6.33 Å². The van der Waals surface area contributed by atoms with Crippen LogP contribution in [0.15, 0.2) is 12.5 Å². The minimum Gasteiger partial charge on any atom is -0.391 e. The molecule has 82 valence electrons. The lowest BCUT2D eigenvalue weighted by atomic mass is 10.2. The molecule has 0 aliphatic rings. The van der Waals surface area contributed by atoms with Crippen molar-refractivity contribution in [3.05, 3.63) is 18.2 Å². The van der Waals surface area contributed by atoms with Crippen molar-refractivity contribution in [3.8, 4) is 0 Å². The van der Waals surface area contributed by atoms with Crippen LogP contribution in [0.2, 0.25) is 0 Å². The van der Waals surface area contributed by atoms with E-state index in [1.54, 1.807) is 6.20 Å². The van der Waals surface area contributed by atoms with Crippen molar-refractivity contribution >= 4 is 11.9 Å². The van der Waals surface area contributed by atoms with Crippen molar-refractivity contribution < 1.29 is 14.3 Å². The molecule has 7 nitrogen and oxygen atoms in total. The summed E-state index contributed by atoms with van der Waals surface area (Å²) in [5.74, 6) is -1.59. The highest BCUT2D eigenvalue weighted by Gasteiger charge is 2.19. The van der Waals surface area contributed by atoms with Crippen LogP contribution in [-0.2, 0) is 20.7 Å². The van der Waals surface area contributed by atoms with Gasteiger partial charge in [0.05, 0.1) is 18.6 Å². The number of nitrogens with two attached hydrogens (primary N) is 2. The number of carbonyl (C=O) groups is 2. The zero-order valence-corrected chi connectivity index (χ0v) is 7.97. The van der Waals surface area contributed by atoms with Crippen LogP contribution in [0.5, 0.6) is 0 Å².